The van der Waals surface area contributed by atoms with Gasteiger partial charge in [0.2, 0.25) is 11.8 Å². The molecular weight excluding hydrogens is 266 g/mol. The molecule has 1 aliphatic heterocycles. The Bertz CT molecular complexity index is 591. The molecule has 1 aromatic rings. The molecule has 4 N–H and O–H groups in total. The Hall–Kier alpha value is -1.88. The van der Waals surface area contributed by atoms with Crippen LogP contribution in [-0.2, 0) is 4.79 Å². The number of nitrogens with one attached hydrogen (secondary N) is 2. The van der Waals surface area contributed by atoms with E-state index in [-0.39, 0.29) is 17.2 Å². The van der Waals surface area contributed by atoms with E-state index in [9.17, 15) is 9.59 Å². The Balaban J connectivity index is 1.72. The smallest absolute Gasteiger partial charge is 0.249 e. The molecule has 1 aromatic carbocycles. The maximum absolute atomic E-state index is 12.4. The van der Waals surface area contributed by atoms with E-state index < -0.39 is 5.91 Å². The fourth-order valence-corrected chi connectivity index (χ4v) is 3.45. The Labute approximate surface area is 124 Å². The normalized spacial score (nSPS) is 22.8. The SMILES string of the molecule is Cc1c(NC(=O)C2CC23CCNCC3)cccc1C(N)=O. The van der Waals surface area contributed by atoms with Gasteiger partial charge in [-0.2, -0.15) is 0 Å². The average Bonchev–Trinajstić information content (AvgIpc) is 3.15. The molecule has 1 saturated heterocycles. The minimum Gasteiger partial charge on any atom is -0.366 e. The van der Waals surface area contributed by atoms with Gasteiger partial charge in [-0.1, -0.05) is 6.07 Å². The summed E-state index contributed by atoms with van der Waals surface area (Å²) in [4.78, 5) is 23.8. The number of piperidine rings is 1. The summed E-state index contributed by atoms with van der Waals surface area (Å²) in [5.74, 6) is -0.289. The molecule has 112 valence electrons. The van der Waals surface area contributed by atoms with Crippen LogP contribution >= 0.6 is 0 Å². The number of nitrogens with two attached hydrogens (primary N) is 1. The average molecular weight is 287 g/mol. The van der Waals surface area contributed by atoms with Crippen LogP contribution in [0.2, 0.25) is 0 Å². The molecule has 0 radical (unpaired) electrons. The number of hydrogen-bond acceptors (Lipinski definition) is 3. The van der Waals surface area contributed by atoms with E-state index in [0.29, 0.717) is 11.3 Å². The second-order valence-electron chi connectivity index (χ2n) is 6.20. The van der Waals surface area contributed by atoms with E-state index in [1.807, 2.05) is 13.0 Å². The van der Waals surface area contributed by atoms with Gasteiger partial charge in [0.25, 0.3) is 0 Å². The summed E-state index contributed by atoms with van der Waals surface area (Å²) in [5.41, 5.74) is 7.43. The van der Waals surface area contributed by atoms with Gasteiger partial charge in [-0.15, -0.1) is 0 Å². The van der Waals surface area contributed by atoms with Gasteiger partial charge in [0, 0.05) is 17.2 Å². The Kier molecular flexibility index (Phi) is 3.45. The second-order valence-corrected chi connectivity index (χ2v) is 6.20. The number of rotatable bonds is 3. The molecule has 5 heteroatoms. The molecule has 1 spiro atoms. The Morgan fingerprint density at radius 1 is 1.33 bits per heavy atom. The highest BCUT2D eigenvalue weighted by atomic mass is 16.2. The maximum Gasteiger partial charge on any atom is 0.249 e. The summed E-state index contributed by atoms with van der Waals surface area (Å²) in [6.07, 6.45) is 3.13. The van der Waals surface area contributed by atoms with Gasteiger partial charge in [0.1, 0.15) is 0 Å². The van der Waals surface area contributed by atoms with Gasteiger partial charge in [0.15, 0.2) is 0 Å². The van der Waals surface area contributed by atoms with Gasteiger partial charge in [-0.3, -0.25) is 9.59 Å². The first kappa shape index (κ1) is 14.1. The first-order valence-corrected chi connectivity index (χ1v) is 7.44. The van der Waals surface area contributed by atoms with Gasteiger partial charge in [-0.05, 0) is 62.4 Å². The van der Waals surface area contributed by atoms with E-state index in [4.69, 9.17) is 5.73 Å². The Morgan fingerprint density at radius 2 is 2.05 bits per heavy atom. The number of carbonyl (C=O) groups is 2. The van der Waals surface area contributed by atoms with Crippen molar-refractivity contribution < 1.29 is 9.59 Å². The van der Waals surface area contributed by atoms with Crippen LogP contribution in [0.15, 0.2) is 18.2 Å². The largest absolute Gasteiger partial charge is 0.366 e. The highest BCUT2D eigenvalue weighted by Crippen LogP contribution is 2.58. The van der Waals surface area contributed by atoms with Crippen molar-refractivity contribution in [1.29, 1.82) is 0 Å². The molecule has 2 fully saturated rings. The number of primary amides is 1. The zero-order chi connectivity index (χ0) is 15.0. The molecule has 1 heterocycles. The van der Waals surface area contributed by atoms with Crippen LogP contribution in [0.3, 0.4) is 0 Å². The van der Waals surface area contributed by atoms with E-state index in [1.165, 1.54) is 0 Å². The van der Waals surface area contributed by atoms with Gasteiger partial charge in [0.05, 0.1) is 0 Å². The highest BCUT2D eigenvalue weighted by molar-refractivity contribution is 5.99. The third-order valence-corrected chi connectivity index (χ3v) is 4.96. The van der Waals surface area contributed by atoms with Crippen LogP contribution in [0.1, 0.15) is 35.2 Å². The molecule has 3 rings (SSSR count). The fraction of sp³-hybridized carbons (Fsp3) is 0.500. The van der Waals surface area contributed by atoms with Crippen molar-refractivity contribution in [2.24, 2.45) is 17.1 Å². The summed E-state index contributed by atoms with van der Waals surface area (Å²) >= 11 is 0. The molecule has 1 aliphatic carbocycles. The maximum atomic E-state index is 12.4. The second kappa shape index (κ2) is 5.15. The van der Waals surface area contributed by atoms with Crippen molar-refractivity contribution in [3.8, 4) is 0 Å². The third kappa shape index (κ3) is 2.53. The van der Waals surface area contributed by atoms with E-state index >= 15 is 0 Å². The highest BCUT2D eigenvalue weighted by Gasteiger charge is 2.57. The first-order chi connectivity index (χ1) is 10.0. The standard InChI is InChI=1S/C16H21N3O2/c1-10-11(14(17)20)3-2-4-13(10)19-15(21)12-9-16(12)5-7-18-8-6-16/h2-4,12,18H,5-9H2,1H3,(H2,17,20)(H,19,21). The Morgan fingerprint density at radius 3 is 2.71 bits per heavy atom. The molecule has 0 bridgehead atoms. The third-order valence-electron chi connectivity index (χ3n) is 4.96. The van der Waals surface area contributed by atoms with E-state index in [0.717, 1.165) is 37.9 Å². The van der Waals surface area contributed by atoms with Crippen molar-refractivity contribution in [3.05, 3.63) is 29.3 Å². The summed E-state index contributed by atoms with van der Waals surface area (Å²) in [5, 5.41) is 6.31. The lowest BCUT2D eigenvalue weighted by Gasteiger charge is -2.23. The number of carbonyl (C=O) groups excluding carboxylic acids is 2. The molecule has 0 aromatic heterocycles. The molecule has 5 nitrogen and oxygen atoms in total. The number of amides is 2. The molecule has 1 saturated carbocycles. The van der Waals surface area contributed by atoms with Gasteiger partial charge < -0.3 is 16.4 Å². The van der Waals surface area contributed by atoms with Crippen LogP contribution in [0, 0.1) is 18.3 Å². The zero-order valence-electron chi connectivity index (χ0n) is 12.2. The lowest BCUT2D eigenvalue weighted by Crippen LogP contribution is -2.31. The molecule has 1 atom stereocenters. The molecule has 21 heavy (non-hydrogen) atoms. The van der Waals surface area contributed by atoms with E-state index in [2.05, 4.69) is 10.6 Å². The van der Waals surface area contributed by atoms with Crippen LogP contribution in [0.5, 0.6) is 0 Å². The number of anilines is 1. The van der Waals surface area contributed by atoms with E-state index in [1.54, 1.807) is 12.1 Å². The van der Waals surface area contributed by atoms with Crippen LogP contribution in [0.25, 0.3) is 0 Å². The first-order valence-electron chi connectivity index (χ1n) is 7.44. The molecule has 2 aliphatic rings. The molecule has 1 unspecified atom stereocenters. The minimum atomic E-state index is -0.468. The number of benzene rings is 1. The lowest BCUT2D eigenvalue weighted by molar-refractivity contribution is -0.118. The predicted molar refractivity (Wildman–Crippen MR) is 81.0 cm³/mol. The molecule has 2 amide bonds. The van der Waals surface area contributed by atoms with Crippen LogP contribution in [-0.4, -0.2) is 24.9 Å². The number of hydrogen-bond donors (Lipinski definition) is 3. The van der Waals surface area contributed by atoms with Crippen molar-refractivity contribution in [3.63, 3.8) is 0 Å². The quantitative estimate of drug-likeness (QED) is 0.786. The van der Waals surface area contributed by atoms with Gasteiger partial charge >= 0.3 is 0 Å². The summed E-state index contributed by atoms with van der Waals surface area (Å²) in [7, 11) is 0. The lowest BCUT2D eigenvalue weighted by atomic mass is 9.91. The fourth-order valence-electron chi connectivity index (χ4n) is 3.45. The van der Waals surface area contributed by atoms with Crippen molar-refractivity contribution >= 4 is 17.5 Å². The van der Waals surface area contributed by atoms with Crippen molar-refractivity contribution in [2.75, 3.05) is 18.4 Å². The topological polar surface area (TPSA) is 84.2 Å². The molecular formula is C16H21N3O2. The van der Waals surface area contributed by atoms with Crippen LogP contribution < -0.4 is 16.4 Å². The summed E-state index contributed by atoms with van der Waals surface area (Å²) in [6, 6.07) is 5.24. The monoisotopic (exact) mass is 287 g/mol. The van der Waals surface area contributed by atoms with Crippen molar-refractivity contribution in [1.82, 2.24) is 5.32 Å². The zero-order valence-corrected chi connectivity index (χ0v) is 12.2. The van der Waals surface area contributed by atoms with Gasteiger partial charge in [-0.25, -0.2) is 0 Å². The predicted octanol–water partition coefficient (Wildman–Crippen LogP) is 1.42. The van der Waals surface area contributed by atoms with Crippen LogP contribution in [0.4, 0.5) is 5.69 Å². The summed E-state index contributed by atoms with van der Waals surface area (Å²) in [6.45, 7) is 3.81. The minimum absolute atomic E-state index is 0.0709. The van der Waals surface area contributed by atoms with Crippen molar-refractivity contribution in [2.45, 2.75) is 26.2 Å². The summed E-state index contributed by atoms with van der Waals surface area (Å²) < 4.78 is 0.